The third-order valence-electron chi connectivity index (χ3n) is 5.69. The molecule has 2 atom stereocenters. The first kappa shape index (κ1) is 16.2. The van der Waals surface area contributed by atoms with Gasteiger partial charge in [-0.15, -0.1) is 0 Å². The second-order valence-electron chi connectivity index (χ2n) is 7.26. The minimum absolute atomic E-state index is 0.00838. The molecule has 0 bridgehead atoms. The van der Waals surface area contributed by atoms with E-state index < -0.39 is 0 Å². The third kappa shape index (κ3) is 3.15. The topological polar surface area (TPSA) is 65.2 Å². The summed E-state index contributed by atoms with van der Waals surface area (Å²) in [4.78, 5) is 31.0. The average molecular weight is 339 g/mol. The zero-order valence-electron chi connectivity index (χ0n) is 14.5. The van der Waals surface area contributed by atoms with Gasteiger partial charge in [0, 0.05) is 42.0 Å². The molecule has 5 heteroatoms. The molecule has 5 nitrogen and oxygen atoms in total. The van der Waals surface area contributed by atoms with Crippen molar-refractivity contribution >= 4 is 28.4 Å². The number of anilines is 1. The molecule has 2 aliphatic rings. The summed E-state index contributed by atoms with van der Waals surface area (Å²) in [7, 11) is 0. The Hall–Kier alpha value is -2.30. The van der Waals surface area contributed by atoms with Crippen molar-refractivity contribution in [3.63, 3.8) is 0 Å². The molecule has 132 valence electrons. The summed E-state index contributed by atoms with van der Waals surface area (Å²) in [6.45, 7) is 1.71. The third-order valence-corrected chi connectivity index (χ3v) is 5.69. The van der Waals surface area contributed by atoms with Crippen molar-refractivity contribution in [1.29, 1.82) is 0 Å². The first-order valence-electron chi connectivity index (χ1n) is 9.40. The van der Waals surface area contributed by atoms with Gasteiger partial charge < -0.3 is 15.2 Å². The van der Waals surface area contributed by atoms with Gasteiger partial charge in [0.05, 0.1) is 5.69 Å². The molecular weight excluding hydrogens is 314 g/mol. The molecule has 4 rings (SSSR count). The number of nitrogens with one attached hydrogen (secondary N) is 2. The number of carbonyl (C=O) groups excluding carboxylic acids is 2. The quantitative estimate of drug-likeness (QED) is 0.898. The van der Waals surface area contributed by atoms with Crippen molar-refractivity contribution < 1.29 is 9.59 Å². The number of fused-ring (bicyclic) bond motifs is 1. The van der Waals surface area contributed by atoms with E-state index in [4.69, 9.17) is 0 Å². The Kier molecular flexibility index (Phi) is 4.47. The molecule has 2 fully saturated rings. The summed E-state index contributed by atoms with van der Waals surface area (Å²) in [6, 6.07) is 7.82. The minimum Gasteiger partial charge on any atom is -0.361 e. The van der Waals surface area contributed by atoms with E-state index in [-0.39, 0.29) is 23.7 Å². The number of H-pyrrole nitrogens is 1. The molecule has 25 heavy (non-hydrogen) atoms. The lowest BCUT2D eigenvalue weighted by molar-refractivity contribution is -0.141. The van der Waals surface area contributed by atoms with Crippen molar-refractivity contribution in [3.8, 4) is 0 Å². The van der Waals surface area contributed by atoms with Crippen molar-refractivity contribution in [3.05, 3.63) is 30.5 Å². The molecule has 2 N–H and O–H groups in total. The number of nitrogens with zero attached hydrogens (tertiary/aromatic N) is 1. The number of rotatable bonds is 3. The van der Waals surface area contributed by atoms with E-state index in [1.807, 2.05) is 35.4 Å². The molecule has 1 aromatic carbocycles. The Balaban J connectivity index is 1.52. The highest BCUT2D eigenvalue weighted by atomic mass is 16.2. The van der Waals surface area contributed by atoms with Crippen LogP contribution in [0.1, 0.15) is 38.5 Å². The van der Waals surface area contributed by atoms with Crippen LogP contribution in [0, 0.1) is 11.8 Å². The summed E-state index contributed by atoms with van der Waals surface area (Å²) in [6.07, 6.45) is 7.76. The van der Waals surface area contributed by atoms with Gasteiger partial charge in [-0.25, -0.2) is 0 Å². The van der Waals surface area contributed by atoms with Gasteiger partial charge in [-0.05, 0) is 43.9 Å². The van der Waals surface area contributed by atoms with Crippen LogP contribution in [0.3, 0.4) is 0 Å². The van der Waals surface area contributed by atoms with E-state index in [1.54, 1.807) is 0 Å². The van der Waals surface area contributed by atoms with Gasteiger partial charge in [-0.1, -0.05) is 18.9 Å². The second-order valence-corrected chi connectivity index (χ2v) is 7.26. The summed E-state index contributed by atoms with van der Waals surface area (Å²) in [5, 5.41) is 4.09. The number of carbonyl (C=O) groups is 2. The van der Waals surface area contributed by atoms with Gasteiger partial charge in [0.15, 0.2) is 0 Å². The standard InChI is InChI=1S/C20H25N3O2/c24-19(22-18-9-5-8-17-16(18)10-11-21-17)14-6-1-2-7-15(14)20(25)23-12-3-4-13-23/h5,8-11,14-15,21H,1-4,6-7,12-13H2,(H,22,24)/t14-,15-/m1/s1. The van der Waals surface area contributed by atoms with Gasteiger partial charge in [-0.3, -0.25) is 9.59 Å². The van der Waals surface area contributed by atoms with E-state index >= 15 is 0 Å². The molecule has 1 aliphatic heterocycles. The van der Waals surface area contributed by atoms with Crippen molar-refractivity contribution in [2.24, 2.45) is 11.8 Å². The molecule has 0 radical (unpaired) electrons. The van der Waals surface area contributed by atoms with Crippen molar-refractivity contribution in [2.75, 3.05) is 18.4 Å². The minimum atomic E-state index is -0.212. The zero-order valence-corrected chi connectivity index (χ0v) is 14.5. The average Bonchev–Trinajstić information content (AvgIpc) is 3.33. The summed E-state index contributed by atoms with van der Waals surface area (Å²) in [5.74, 6) is -0.184. The fourth-order valence-electron chi connectivity index (χ4n) is 4.33. The number of aromatic nitrogens is 1. The predicted octanol–water partition coefficient (Wildman–Crippen LogP) is 3.54. The molecule has 0 spiro atoms. The molecule has 1 aliphatic carbocycles. The molecule has 2 aromatic rings. The number of likely N-dealkylation sites (tertiary alicyclic amines) is 1. The van der Waals surface area contributed by atoms with Gasteiger partial charge in [0.1, 0.15) is 0 Å². The molecule has 1 saturated carbocycles. The Morgan fingerprint density at radius 2 is 1.76 bits per heavy atom. The van der Waals surface area contributed by atoms with Crippen LogP contribution in [-0.4, -0.2) is 34.8 Å². The highest BCUT2D eigenvalue weighted by Crippen LogP contribution is 2.34. The Morgan fingerprint density at radius 1 is 1.00 bits per heavy atom. The van der Waals surface area contributed by atoms with E-state index in [0.717, 1.165) is 68.2 Å². The van der Waals surface area contributed by atoms with E-state index in [9.17, 15) is 9.59 Å². The number of aromatic amines is 1. The lowest BCUT2D eigenvalue weighted by atomic mass is 9.77. The predicted molar refractivity (Wildman–Crippen MR) is 98.2 cm³/mol. The molecule has 0 unspecified atom stereocenters. The van der Waals surface area contributed by atoms with Crippen LogP contribution < -0.4 is 5.32 Å². The van der Waals surface area contributed by atoms with Gasteiger partial charge in [0.2, 0.25) is 11.8 Å². The monoisotopic (exact) mass is 339 g/mol. The number of hydrogen-bond donors (Lipinski definition) is 2. The first-order chi connectivity index (χ1) is 12.2. The van der Waals surface area contributed by atoms with Crippen molar-refractivity contribution in [2.45, 2.75) is 38.5 Å². The molecule has 2 amide bonds. The van der Waals surface area contributed by atoms with Crippen LogP contribution in [0.5, 0.6) is 0 Å². The SMILES string of the molecule is O=C(Nc1cccc2[nH]ccc12)[C@@H]1CCCC[C@H]1C(=O)N1CCCC1. The zero-order chi connectivity index (χ0) is 17.2. The lowest BCUT2D eigenvalue weighted by Gasteiger charge is -2.32. The fraction of sp³-hybridized carbons (Fsp3) is 0.500. The van der Waals surface area contributed by atoms with Gasteiger partial charge in [-0.2, -0.15) is 0 Å². The number of hydrogen-bond acceptors (Lipinski definition) is 2. The van der Waals surface area contributed by atoms with Crippen LogP contribution in [0.4, 0.5) is 5.69 Å². The summed E-state index contributed by atoms with van der Waals surface area (Å²) < 4.78 is 0. The van der Waals surface area contributed by atoms with E-state index in [0.29, 0.717) is 0 Å². The maximum Gasteiger partial charge on any atom is 0.228 e. The molecule has 1 aromatic heterocycles. The second kappa shape index (κ2) is 6.90. The normalized spacial score (nSPS) is 23.8. The van der Waals surface area contributed by atoms with Crippen LogP contribution in [0.15, 0.2) is 30.5 Å². The van der Waals surface area contributed by atoms with Gasteiger partial charge >= 0.3 is 0 Å². The van der Waals surface area contributed by atoms with Crippen LogP contribution >= 0.6 is 0 Å². The summed E-state index contributed by atoms with van der Waals surface area (Å²) >= 11 is 0. The fourth-order valence-corrected chi connectivity index (χ4v) is 4.33. The number of amides is 2. The lowest BCUT2D eigenvalue weighted by Crippen LogP contribution is -2.42. The van der Waals surface area contributed by atoms with E-state index in [1.165, 1.54) is 0 Å². The Labute approximate surface area is 147 Å². The summed E-state index contributed by atoms with van der Waals surface area (Å²) in [5.41, 5.74) is 1.83. The molecule has 1 saturated heterocycles. The highest BCUT2D eigenvalue weighted by Gasteiger charge is 2.38. The molecular formula is C20H25N3O2. The van der Waals surface area contributed by atoms with Crippen LogP contribution in [0.25, 0.3) is 10.9 Å². The van der Waals surface area contributed by atoms with Crippen LogP contribution in [0.2, 0.25) is 0 Å². The Bertz CT molecular complexity index is 776. The first-order valence-corrected chi connectivity index (χ1v) is 9.40. The Morgan fingerprint density at radius 3 is 2.56 bits per heavy atom. The number of benzene rings is 1. The smallest absolute Gasteiger partial charge is 0.228 e. The van der Waals surface area contributed by atoms with Crippen LogP contribution in [-0.2, 0) is 9.59 Å². The van der Waals surface area contributed by atoms with Gasteiger partial charge in [0.25, 0.3) is 0 Å². The molecule has 2 heterocycles. The maximum atomic E-state index is 13.0. The maximum absolute atomic E-state index is 13.0. The highest BCUT2D eigenvalue weighted by molar-refractivity contribution is 6.03. The largest absolute Gasteiger partial charge is 0.361 e. The van der Waals surface area contributed by atoms with E-state index in [2.05, 4.69) is 10.3 Å². The van der Waals surface area contributed by atoms with Crippen molar-refractivity contribution in [1.82, 2.24) is 9.88 Å².